The molecule has 0 amide bonds. The first-order valence-corrected chi connectivity index (χ1v) is 5.08. The first-order valence-electron chi connectivity index (χ1n) is 5.08. The van der Waals surface area contributed by atoms with Crippen molar-refractivity contribution in [2.24, 2.45) is 5.73 Å². The number of benzene rings is 1. The quantitative estimate of drug-likeness (QED) is 0.686. The van der Waals surface area contributed by atoms with Gasteiger partial charge in [0, 0.05) is 29.3 Å². The lowest BCUT2D eigenvalue weighted by Gasteiger charge is -2.02. The summed E-state index contributed by atoms with van der Waals surface area (Å²) in [5.41, 5.74) is 9.75. The van der Waals surface area contributed by atoms with Crippen molar-refractivity contribution in [2.75, 3.05) is 0 Å². The molecule has 3 aromatic rings. The Bertz CT molecular complexity index is 610. The maximum atomic E-state index is 5.71. The largest absolute Gasteiger partial charge is 0.464 e. The fourth-order valence-electron chi connectivity index (χ4n) is 1.88. The van der Waals surface area contributed by atoms with E-state index in [0.29, 0.717) is 6.54 Å². The van der Waals surface area contributed by atoms with E-state index >= 15 is 0 Å². The number of nitrogens with one attached hydrogen (secondary N) is 1. The Labute approximate surface area is 92.1 Å². The van der Waals surface area contributed by atoms with Gasteiger partial charge in [0.05, 0.1) is 12.5 Å². The van der Waals surface area contributed by atoms with Gasteiger partial charge in [-0.05, 0) is 23.8 Å². The second-order valence-electron chi connectivity index (χ2n) is 3.67. The minimum atomic E-state index is 0.468. The second-order valence-corrected chi connectivity index (χ2v) is 3.67. The summed E-state index contributed by atoms with van der Waals surface area (Å²) >= 11 is 0. The molecule has 2 aromatic heterocycles. The lowest BCUT2D eigenvalue weighted by molar-refractivity contribution is 0.611. The molecule has 4 nitrogen and oxygen atoms in total. The summed E-state index contributed by atoms with van der Waals surface area (Å²) in [6, 6.07) is 6.05. The minimum Gasteiger partial charge on any atom is -0.464 e. The molecule has 3 N–H and O–H groups in total. The molecule has 0 saturated carbocycles. The maximum Gasteiger partial charge on any atom is 0.138 e. The van der Waals surface area contributed by atoms with Crippen LogP contribution in [0.2, 0.25) is 0 Å². The van der Waals surface area contributed by atoms with E-state index in [-0.39, 0.29) is 0 Å². The SMILES string of the molecule is NCc1cc(-c2cn[nH]c2)cc2ccoc12. The van der Waals surface area contributed by atoms with Crippen molar-refractivity contribution in [1.82, 2.24) is 10.2 Å². The van der Waals surface area contributed by atoms with Crippen LogP contribution in [0, 0.1) is 0 Å². The molecule has 0 fully saturated rings. The number of H-pyrrole nitrogens is 1. The molecular weight excluding hydrogens is 202 g/mol. The summed E-state index contributed by atoms with van der Waals surface area (Å²) in [6.07, 6.45) is 5.34. The number of nitrogens with zero attached hydrogens (tertiary/aromatic N) is 1. The van der Waals surface area contributed by atoms with Gasteiger partial charge in [0.25, 0.3) is 0 Å². The Morgan fingerprint density at radius 2 is 2.25 bits per heavy atom. The average molecular weight is 213 g/mol. The summed E-state index contributed by atoms with van der Waals surface area (Å²) in [5, 5.41) is 7.81. The topological polar surface area (TPSA) is 67.8 Å². The minimum absolute atomic E-state index is 0.468. The first-order chi connectivity index (χ1) is 7.88. The third-order valence-corrected chi connectivity index (χ3v) is 2.68. The molecule has 0 unspecified atom stereocenters. The van der Waals surface area contributed by atoms with Crippen LogP contribution in [0.4, 0.5) is 0 Å². The molecular formula is C12H11N3O. The van der Waals surface area contributed by atoms with E-state index in [1.54, 1.807) is 12.5 Å². The Kier molecular flexibility index (Phi) is 2.01. The predicted molar refractivity (Wildman–Crippen MR) is 61.7 cm³/mol. The molecule has 4 heteroatoms. The van der Waals surface area contributed by atoms with E-state index in [4.69, 9.17) is 10.2 Å². The van der Waals surface area contributed by atoms with Gasteiger partial charge in [0.15, 0.2) is 0 Å². The van der Waals surface area contributed by atoms with Gasteiger partial charge in [-0.2, -0.15) is 5.10 Å². The number of nitrogens with two attached hydrogens (primary N) is 1. The molecule has 2 heterocycles. The Balaban J connectivity index is 2.27. The van der Waals surface area contributed by atoms with Gasteiger partial charge >= 0.3 is 0 Å². The molecule has 0 saturated heterocycles. The molecule has 80 valence electrons. The molecule has 0 atom stereocenters. The molecule has 1 aromatic carbocycles. The van der Waals surface area contributed by atoms with Crippen LogP contribution in [-0.4, -0.2) is 10.2 Å². The van der Waals surface area contributed by atoms with Crippen molar-refractivity contribution in [3.8, 4) is 11.1 Å². The van der Waals surface area contributed by atoms with Gasteiger partial charge in [0.1, 0.15) is 5.58 Å². The van der Waals surface area contributed by atoms with E-state index in [0.717, 1.165) is 27.7 Å². The van der Waals surface area contributed by atoms with Gasteiger partial charge in [-0.3, -0.25) is 5.10 Å². The normalized spacial score (nSPS) is 11.1. The van der Waals surface area contributed by atoms with Crippen molar-refractivity contribution in [3.05, 3.63) is 42.4 Å². The van der Waals surface area contributed by atoms with Crippen LogP contribution in [0.25, 0.3) is 22.1 Å². The zero-order valence-corrected chi connectivity index (χ0v) is 8.60. The maximum absolute atomic E-state index is 5.71. The number of furan rings is 1. The number of hydrogen-bond acceptors (Lipinski definition) is 3. The smallest absolute Gasteiger partial charge is 0.138 e. The summed E-state index contributed by atoms with van der Waals surface area (Å²) in [4.78, 5) is 0. The van der Waals surface area contributed by atoms with Crippen LogP contribution in [0.15, 0.2) is 41.3 Å². The van der Waals surface area contributed by atoms with Crippen molar-refractivity contribution >= 4 is 11.0 Å². The van der Waals surface area contributed by atoms with Gasteiger partial charge in [0.2, 0.25) is 0 Å². The van der Waals surface area contributed by atoms with Crippen molar-refractivity contribution in [3.63, 3.8) is 0 Å². The average Bonchev–Trinajstić information content (AvgIpc) is 2.97. The van der Waals surface area contributed by atoms with Crippen molar-refractivity contribution in [1.29, 1.82) is 0 Å². The second kappa shape index (κ2) is 3.50. The van der Waals surface area contributed by atoms with Crippen LogP contribution in [0.1, 0.15) is 5.56 Å². The van der Waals surface area contributed by atoms with Crippen LogP contribution in [-0.2, 0) is 6.54 Å². The number of rotatable bonds is 2. The zero-order valence-electron chi connectivity index (χ0n) is 8.60. The van der Waals surface area contributed by atoms with Crippen molar-refractivity contribution < 1.29 is 4.42 Å². The lowest BCUT2D eigenvalue weighted by atomic mass is 10.0. The highest BCUT2D eigenvalue weighted by atomic mass is 16.3. The van der Waals surface area contributed by atoms with E-state index in [1.165, 1.54) is 0 Å². The monoisotopic (exact) mass is 213 g/mol. The van der Waals surface area contributed by atoms with Gasteiger partial charge in [-0.1, -0.05) is 0 Å². The summed E-state index contributed by atoms with van der Waals surface area (Å²) in [5.74, 6) is 0. The van der Waals surface area contributed by atoms with Gasteiger partial charge < -0.3 is 10.2 Å². The van der Waals surface area contributed by atoms with E-state index in [2.05, 4.69) is 16.3 Å². The number of fused-ring (bicyclic) bond motifs is 1. The van der Waals surface area contributed by atoms with E-state index in [1.807, 2.05) is 18.3 Å². The predicted octanol–water partition coefficient (Wildman–Crippen LogP) is 2.28. The zero-order chi connectivity index (χ0) is 11.0. The number of aromatic amines is 1. The third-order valence-electron chi connectivity index (χ3n) is 2.68. The molecule has 0 spiro atoms. The third kappa shape index (κ3) is 1.31. The summed E-state index contributed by atoms with van der Waals surface area (Å²) in [6.45, 7) is 0.468. The van der Waals surface area contributed by atoms with Gasteiger partial charge in [-0.25, -0.2) is 0 Å². The van der Waals surface area contributed by atoms with Crippen LogP contribution < -0.4 is 5.73 Å². The van der Waals surface area contributed by atoms with Gasteiger partial charge in [-0.15, -0.1) is 0 Å². The molecule has 3 rings (SSSR count). The molecule has 0 aliphatic carbocycles. The molecule has 0 aliphatic rings. The fourth-order valence-corrected chi connectivity index (χ4v) is 1.88. The lowest BCUT2D eigenvalue weighted by Crippen LogP contribution is -1.96. The summed E-state index contributed by atoms with van der Waals surface area (Å²) < 4.78 is 5.41. The highest BCUT2D eigenvalue weighted by molar-refractivity contribution is 5.86. The molecule has 16 heavy (non-hydrogen) atoms. The van der Waals surface area contributed by atoms with Crippen LogP contribution in [0.5, 0.6) is 0 Å². The standard InChI is InChI=1S/C12H11N3O/c13-5-10-4-9(11-6-14-15-7-11)3-8-1-2-16-12(8)10/h1-4,6-7H,5,13H2,(H,14,15). The van der Waals surface area contributed by atoms with Crippen LogP contribution >= 0.6 is 0 Å². The van der Waals surface area contributed by atoms with Crippen molar-refractivity contribution in [2.45, 2.75) is 6.54 Å². The Morgan fingerprint density at radius 1 is 1.31 bits per heavy atom. The Hall–Kier alpha value is -2.07. The Morgan fingerprint density at radius 3 is 3.00 bits per heavy atom. The number of aromatic nitrogens is 2. The van der Waals surface area contributed by atoms with E-state index < -0.39 is 0 Å². The molecule has 0 bridgehead atoms. The summed E-state index contributed by atoms with van der Waals surface area (Å²) in [7, 11) is 0. The molecule has 0 radical (unpaired) electrons. The highest BCUT2D eigenvalue weighted by Gasteiger charge is 2.07. The fraction of sp³-hybridized carbons (Fsp3) is 0.0833. The first kappa shape index (κ1) is 9.18. The van der Waals surface area contributed by atoms with E-state index in [9.17, 15) is 0 Å². The van der Waals surface area contributed by atoms with Crippen LogP contribution in [0.3, 0.4) is 0 Å². The highest BCUT2D eigenvalue weighted by Crippen LogP contribution is 2.27. The molecule has 0 aliphatic heterocycles. The number of hydrogen-bond donors (Lipinski definition) is 2.